The van der Waals surface area contributed by atoms with Gasteiger partial charge in [0.25, 0.3) is 0 Å². The molecule has 0 saturated heterocycles. The molecule has 0 unspecified atom stereocenters. The maximum Gasteiger partial charge on any atom is 0.237 e. The van der Waals surface area contributed by atoms with Gasteiger partial charge in [-0.25, -0.2) is 4.39 Å². The average Bonchev–Trinajstić information content (AvgIpc) is 2.30. The Hall–Kier alpha value is -1.92. The zero-order valence-electron chi connectivity index (χ0n) is 8.25. The molecule has 0 aliphatic rings. The summed E-state index contributed by atoms with van der Waals surface area (Å²) in [6, 6.07) is 5.94. The topological polar surface area (TPSA) is 72.0 Å². The van der Waals surface area contributed by atoms with Crippen molar-refractivity contribution in [2.45, 2.75) is 6.92 Å². The summed E-state index contributed by atoms with van der Waals surface area (Å²) in [5.41, 5.74) is 3.13. The van der Waals surface area contributed by atoms with Gasteiger partial charge in [-0.15, -0.1) is 0 Å². The van der Waals surface area contributed by atoms with E-state index in [1.54, 1.807) is 19.1 Å². The second kappa shape index (κ2) is 5.24. The molecule has 0 spiro atoms. The van der Waals surface area contributed by atoms with Gasteiger partial charge in [0.15, 0.2) is 0 Å². The number of hydrogen-bond donors (Lipinski definition) is 1. The molecule has 1 aromatic carbocycles. The van der Waals surface area contributed by atoms with Crippen molar-refractivity contribution >= 4 is 27.3 Å². The van der Waals surface area contributed by atoms with Gasteiger partial charge in [-0.3, -0.25) is 5.43 Å². The molecular weight excluding hydrogens is 275 g/mol. The molecule has 0 saturated carbocycles. The van der Waals surface area contributed by atoms with Crippen LogP contribution in [0.2, 0.25) is 0 Å². The fourth-order valence-corrected chi connectivity index (χ4v) is 1.35. The predicted molar refractivity (Wildman–Crippen MR) is 61.1 cm³/mol. The summed E-state index contributed by atoms with van der Waals surface area (Å²) in [5, 5.41) is 20.5. The molecule has 0 aromatic heterocycles. The summed E-state index contributed by atoms with van der Waals surface area (Å²) in [6.07, 6.45) is 0. The van der Waals surface area contributed by atoms with Crippen LogP contribution in [-0.2, 0) is 0 Å². The standard InChI is InChI=1S/C10H6BrFN4/c1-6-8(12)2-3-9(10(6)11)16-15-7(4-13)5-14/h2-3,16H,1H3. The lowest BCUT2D eigenvalue weighted by Crippen LogP contribution is -1.98. The maximum atomic E-state index is 13.1. The van der Waals surface area contributed by atoms with Gasteiger partial charge in [0.1, 0.15) is 18.0 Å². The highest BCUT2D eigenvalue weighted by Gasteiger charge is 2.06. The molecule has 1 rings (SSSR count). The first-order valence-corrected chi connectivity index (χ1v) is 4.98. The predicted octanol–water partition coefficient (Wildman–Crippen LogP) is 2.71. The SMILES string of the molecule is Cc1c(F)ccc(NN=C(C#N)C#N)c1Br. The van der Waals surface area contributed by atoms with Crippen molar-refractivity contribution < 1.29 is 4.39 Å². The second-order valence-electron chi connectivity index (χ2n) is 2.83. The lowest BCUT2D eigenvalue weighted by molar-refractivity contribution is 0.617. The second-order valence-corrected chi connectivity index (χ2v) is 3.62. The maximum absolute atomic E-state index is 13.1. The van der Waals surface area contributed by atoms with Crippen LogP contribution in [0.1, 0.15) is 5.56 Å². The van der Waals surface area contributed by atoms with E-state index >= 15 is 0 Å². The summed E-state index contributed by atoms with van der Waals surface area (Å²) in [6.45, 7) is 1.60. The van der Waals surface area contributed by atoms with Crippen LogP contribution in [-0.4, -0.2) is 5.71 Å². The first kappa shape index (κ1) is 12.2. The highest BCUT2D eigenvalue weighted by molar-refractivity contribution is 9.10. The Morgan fingerprint density at radius 1 is 1.44 bits per heavy atom. The molecule has 4 nitrogen and oxygen atoms in total. The van der Waals surface area contributed by atoms with E-state index in [4.69, 9.17) is 10.5 Å². The molecule has 0 atom stereocenters. The van der Waals surface area contributed by atoms with Gasteiger partial charge in [-0.2, -0.15) is 15.6 Å². The van der Waals surface area contributed by atoms with Crippen molar-refractivity contribution in [1.82, 2.24) is 0 Å². The molecule has 0 aliphatic heterocycles. The van der Waals surface area contributed by atoms with E-state index in [1.165, 1.54) is 12.1 Å². The van der Waals surface area contributed by atoms with E-state index < -0.39 is 0 Å². The highest BCUT2D eigenvalue weighted by atomic mass is 79.9. The normalized spacial score (nSPS) is 8.81. The minimum absolute atomic E-state index is 0.297. The number of nitriles is 2. The fourth-order valence-electron chi connectivity index (χ4n) is 0.939. The molecule has 0 radical (unpaired) electrons. The number of anilines is 1. The minimum atomic E-state index is -0.345. The Morgan fingerprint density at radius 2 is 2.06 bits per heavy atom. The van der Waals surface area contributed by atoms with Crippen LogP contribution in [0, 0.1) is 35.4 Å². The van der Waals surface area contributed by atoms with E-state index in [-0.39, 0.29) is 11.5 Å². The number of hydrogen-bond acceptors (Lipinski definition) is 4. The van der Waals surface area contributed by atoms with Crippen molar-refractivity contribution in [1.29, 1.82) is 10.5 Å². The molecule has 6 heteroatoms. The van der Waals surface area contributed by atoms with Gasteiger partial charge >= 0.3 is 0 Å². The lowest BCUT2D eigenvalue weighted by Gasteiger charge is -2.06. The number of rotatable bonds is 2. The third kappa shape index (κ3) is 2.56. The van der Waals surface area contributed by atoms with Gasteiger partial charge in [0.05, 0.1) is 5.69 Å². The van der Waals surface area contributed by atoms with Gasteiger partial charge in [0, 0.05) is 10.0 Å². The fraction of sp³-hybridized carbons (Fsp3) is 0.100. The van der Waals surface area contributed by atoms with E-state index in [1.807, 2.05) is 0 Å². The van der Waals surface area contributed by atoms with Crippen LogP contribution in [0.3, 0.4) is 0 Å². The summed E-state index contributed by atoms with van der Waals surface area (Å²) in [7, 11) is 0. The Bertz CT molecular complexity index is 509. The van der Waals surface area contributed by atoms with Crippen molar-refractivity contribution in [3.8, 4) is 12.1 Å². The lowest BCUT2D eigenvalue weighted by atomic mass is 10.2. The summed E-state index contributed by atoms with van der Waals surface area (Å²) in [5.74, 6) is -0.345. The number of benzene rings is 1. The molecular formula is C10H6BrFN4. The third-order valence-electron chi connectivity index (χ3n) is 1.82. The van der Waals surface area contributed by atoms with E-state index in [0.29, 0.717) is 15.7 Å². The molecule has 16 heavy (non-hydrogen) atoms. The number of halogens is 2. The summed E-state index contributed by atoms with van der Waals surface area (Å²) in [4.78, 5) is 0. The highest BCUT2D eigenvalue weighted by Crippen LogP contribution is 2.27. The molecule has 0 fully saturated rings. The largest absolute Gasteiger partial charge is 0.275 e. The molecule has 1 N–H and O–H groups in total. The molecule has 0 bridgehead atoms. The first-order valence-electron chi connectivity index (χ1n) is 4.18. The van der Waals surface area contributed by atoms with Gasteiger partial charge < -0.3 is 0 Å². The number of nitrogens with one attached hydrogen (secondary N) is 1. The quantitative estimate of drug-likeness (QED) is 0.669. The van der Waals surface area contributed by atoms with Crippen molar-refractivity contribution in [3.63, 3.8) is 0 Å². The Kier molecular flexibility index (Phi) is 3.98. The van der Waals surface area contributed by atoms with Crippen LogP contribution >= 0.6 is 15.9 Å². The molecule has 0 aliphatic carbocycles. The van der Waals surface area contributed by atoms with Crippen molar-refractivity contribution in [3.05, 3.63) is 28.0 Å². The Balaban J connectivity index is 3.02. The molecule has 80 valence electrons. The van der Waals surface area contributed by atoms with Crippen LogP contribution in [0.15, 0.2) is 21.7 Å². The van der Waals surface area contributed by atoms with Crippen LogP contribution in [0.25, 0.3) is 0 Å². The van der Waals surface area contributed by atoms with Crippen molar-refractivity contribution in [2.24, 2.45) is 5.10 Å². The van der Waals surface area contributed by atoms with E-state index in [9.17, 15) is 4.39 Å². The van der Waals surface area contributed by atoms with Gasteiger partial charge in [-0.05, 0) is 35.0 Å². The molecule has 1 aromatic rings. The monoisotopic (exact) mass is 280 g/mol. The van der Waals surface area contributed by atoms with Crippen LogP contribution < -0.4 is 5.43 Å². The van der Waals surface area contributed by atoms with Crippen LogP contribution in [0.4, 0.5) is 10.1 Å². The average molecular weight is 281 g/mol. The van der Waals surface area contributed by atoms with Crippen LogP contribution in [0.5, 0.6) is 0 Å². The van der Waals surface area contributed by atoms with E-state index in [2.05, 4.69) is 26.5 Å². The third-order valence-corrected chi connectivity index (χ3v) is 2.84. The first-order chi connectivity index (χ1) is 7.60. The molecule has 0 amide bonds. The number of hydrazone groups is 1. The van der Waals surface area contributed by atoms with Crippen molar-refractivity contribution in [2.75, 3.05) is 5.43 Å². The number of nitrogens with zero attached hydrogens (tertiary/aromatic N) is 3. The van der Waals surface area contributed by atoms with E-state index in [0.717, 1.165) is 0 Å². The molecule has 0 heterocycles. The van der Waals surface area contributed by atoms with Gasteiger partial charge in [-0.1, -0.05) is 0 Å². The zero-order chi connectivity index (χ0) is 12.1. The summed E-state index contributed by atoms with van der Waals surface area (Å²) < 4.78 is 13.6. The minimum Gasteiger partial charge on any atom is -0.275 e. The summed E-state index contributed by atoms with van der Waals surface area (Å²) >= 11 is 3.19. The van der Waals surface area contributed by atoms with Gasteiger partial charge in [0.2, 0.25) is 5.71 Å². The zero-order valence-corrected chi connectivity index (χ0v) is 9.84. The Labute approximate surface area is 100 Å². The Morgan fingerprint density at radius 3 is 2.62 bits per heavy atom. The smallest absolute Gasteiger partial charge is 0.237 e.